The van der Waals surface area contributed by atoms with E-state index in [4.69, 9.17) is 11.6 Å². The largest absolute Gasteiger partial charge is 0.298 e. The Morgan fingerprint density at radius 2 is 1.96 bits per heavy atom. The molecule has 0 bridgehead atoms. The summed E-state index contributed by atoms with van der Waals surface area (Å²) in [4.78, 5) is 26.0. The molecular weight excluding hydrogens is 336 g/mol. The number of hydrogen-bond donors (Lipinski definition) is 0. The Kier molecular flexibility index (Phi) is 4.03. The monoisotopic (exact) mass is 356 g/mol. The molecule has 0 amide bonds. The molecule has 25 heavy (non-hydrogen) atoms. The molecule has 2 aliphatic rings. The minimum absolute atomic E-state index is 0.0747. The van der Waals surface area contributed by atoms with Gasteiger partial charge in [0.15, 0.2) is 5.78 Å². The van der Waals surface area contributed by atoms with Gasteiger partial charge < -0.3 is 0 Å². The minimum atomic E-state index is -0.621. The second-order valence-corrected chi connectivity index (χ2v) is 7.86. The molecule has 2 aromatic rings. The van der Waals surface area contributed by atoms with Crippen LogP contribution in [0.1, 0.15) is 55.6 Å². The average molecular weight is 357 g/mol. The van der Waals surface area contributed by atoms with Gasteiger partial charge in [0.05, 0.1) is 16.9 Å². The Bertz CT molecular complexity index is 849. The molecule has 1 aromatic carbocycles. The highest BCUT2D eigenvalue weighted by Gasteiger charge is 2.53. The Morgan fingerprint density at radius 3 is 2.64 bits per heavy atom. The van der Waals surface area contributed by atoms with Crippen molar-refractivity contribution < 1.29 is 9.59 Å². The normalized spacial score (nSPS) is 22.7. The van der Waals surface area contributed by atoms with Crippen LogP contribution in [-0.2, 0) is 9.59 Å². The molecule has 130 valence electrons. The molecule has 2 fully saturated rings. The molecule has 0 radical (unpaired) electrons. The highest BCUT2D eigenvalue weighted by molar-refractivity contribution is 6.30. The Morgan fingerprint density at radius 1 is 1.20 bits per heavy atom. The quantitative estimate of drug-likeness (QED) is 0.749. The minimum Gasteiger partial charge on any atom is -0.298 e. The number of hydrogen-bond acceptors (Lipinski definition) is 3. The highest BCUT2D eigenvalue weighted by atomic mass is 35.5. The summed E-state index contributed by atoms with van der Waals surface area (Å²) in [5, 5.41) is 4.77. The summed E-state index contributed by atoms with van der Waals surface area (Å²) < 4.78 is 1.67. The number of aryl methyl sites for hydroxylation is 1. The van der Waals surface area contributed by atoms with Gasteiger partial charge in [-0.2, -0.15) is 5.10 Å². The number of carbonyl (C=O) groups excluding carboxylic acids is 2. The standard InChI is InChI=1S/C20H21ClN2O2/c1-13-5-6-15(23-12-14(21)11-22-23)9-16(13)18-17(24)10-20(19(18)25)7-3-2-4-8-20/h5-6,9,11-12,18H,2-4,7-8,10H2,1H3. The van der Waals surface area contributed by atoms with E-state index in [1.807, 2.05) is 25.1 Å². The molecule has 2 aliphatic carbocycles. The van der Waals surface area contributed by atoms with Gasteiger partial charge in [-0.15, -0.1) is 0 Å². The molecule has 4 nitrogen and oxygen atoms in total. The van der Waals surface area contributed by atoms with Crippen molar-refractivity contribution in [1.82, 2.24) is 9.78 Å². The predicted molar refractivity (Wildman–Crippen MR) is 96.2 cm³/mol. The van der Waals surface area contributed by atoms with Crippen molar-refractivity contribution in [1.29, 1.82) is 0 Å². The molecule has 2 saturated carbocycles. The molecule has 1 unspecified atom stereocenters. The maximum Gasteiger partial charge on any atom is 0.154 e. The van der Waals surface area contributed by atoms with E-state index in [2.05, 4.69) is 5.10 Å². The lowest BCUT2D eigenvalue weighted by atomic mass is 9.71. The van der Waals surface area contributed by atoms with Crippen LogP contribution in [0.5, 0.6) is 0 Å². The van der Waals surface area contributed by atoms with Crippen molar-refractivity contribution in [2.75, 3.05) is 0 Å². The first kappa shape index (κ1) is 16.5. The van der Waals surface area contributed by atoms with E-state index in [9.17, 15) is 9.59 Å². The predicted octanol–water partition coefficient (Wildman–Crippen LogP) is 4.41. The Balaban J connectivity index is 1.74. The second-order valence-electron chi connectivity index (χ2n) is 7.43. The number of benzene rings is 1. The molecular formula is C20H21ClN2O2. The number of ketones is 2. The zero-order valence-corrected chi connectivity index (χ0v) is 15.1. The SMILES string of the molecule is Cc1ccc(-n2cc(Cl)cn2)cc1C1C(=O)CC2(CCCCC2)C1=O. The summed E-state index contributed by atoms with van der Waals surface area (Å²) in [6.07, 6.45) is 8.70. The zero-order chi connectivity index (χ0) is 17.6. The first-order chi connectivity index (χ1) is 12.0. The van der Waals surface area contributed by atoms with Gasteiger partial charge in [0.1, 0.15) is 11.7 Å². The van der Waals surface area contributed by atoms with Gasteiger partial charge >= 0.3 is 0 Å². The summed E-state index contributed by atoms with van der Waals surface area (Å²) in [7, 11) is 0. The molecule has 5 heteroatoms. The van der Waals surface area contributed by atoms with Crippen molar-refractivity contribution >= 4 is 23.2 Å². The zero-order valence-electron chi connectivity index (χ0n) is 14.3. The molecule has 1 aromatic heterocycles. The van der Waals surface area contributed by atoms with Gasteiger partial charge in [-0.05, 0) is 43.0 Å². The third kappa shape index (κ3) is 2.73. The number of carbonyl (C=O) groups is 2. The van der Waals surface area contributed by atoms with E-state index >= 15 is 0 Å². The lowest BCUT2D eigenvalue weighted by Crippen LogP contribution is -2.30. The molecule has 0 aliphatic heterocycles. The van der Waals surface area contributed by atoms with Gasteiger partial charge in [-0.25, -0.2) is 4.68 Å². The van der Waals surface area contributed by atoms with Gasteiger partial charge in [-0.3, -0.25) is 9.59 Å². The van der Waals surface area contributed by atoms with Crippen LogP contribution in [0.15, 0.2) is 30.6 Å². The molecule has 4 rings (SSSR count). The summed E-state index contributed by atoms with van der Waals surface area (Å²) >= 11 is 5.96. The third-order valence-corrected chi connectivity index (χ3v) is 6.01. The fourth-order valence-corrected chi connectivity index (χ4v) is 4.60. The summed E-state index contributed by atoms with van der Waals surface area (Å²) in [6, 6.07) is 5.80. The van der Waals surface area contributed by atoms with Crippen LogP contribution in [0.4, 0.5) is 0 Å². The number of aromatic nitrogens is 2. The number of nitrogens with zero attached hydrogens (tertiary/aromatic N) is 2. The maximum absolute atomic E-state index is 13.2. The van der Waals surface area contributed by atoms with Gasteiger partial charge in [0.25, 0.3) is 0 Å². The topological polar surface area (TPSA) is 52.0 Å². The molecule has 1 heterocycles. The summed E-state index contributed by atoms with van der Waals surface area (Å²) in [6.45, 7) is 1.96. The van der Waals surface area contributed by atoms with E-state index in [1.54, 1.807) is 17.1 Å². The van der Waals surface area contributed by atoms with Crippen molar-refractivity contribution in [2.24, 2.45) is 5.41 Å². The Hall–Kier alpha value is -1.94. The van der Waals surface area contributed by atoms with Crippen LogP contribution in [0, 0.1) is 12.3 Å². The van der Waals surface area contributed by atoms with Crippen LogP contribution in [-0.4, -0.2) is 21.3 Å². The van der Waals surface area contributed by atoms with E-state index in [1.165, 1.54) is 6.42 Å². The van der Waals surface area contributed by atoms with Gasteiger partial charge in [-0.1, -0.05) is 36.9 Å². The average Bonchev–Trinajstić information content (AvgIpc) is 3.12. The van der Waals surface area contributed by atoms with E-state index < -0.39 is 11.3 Å². The maximum atomic E-state index is 13.2. The summed E-state index contributed by atoms with van der Waals surface area (Å²) in [5.74, 6) is -0.411. The first-order valence-corrected chi connectivity index (χ1v) is 9.26. The van der Waals surface area contributed by atoms with Crippen molar-refractivity contribution in [3.05, 3.63) is 46.7 Å². The van der Waals surface area contributed by atoms with E-state index in [0.29, 0.717) is 11.4 Å². The van der Waals surface area contributed by atoms with Crippen molar-refractivity contribution in [3.8, 4) is 5.69 Å². The fraction of sp³-hybridized carbons (Fsp3) is 0.450. The van der Waals surface area contributed by atoms with Gasteiger partial charge in [0, 0.05) is 18.0 Å². The third-order valence-electron chi connectivity index (χ3n) is 5.82. The molecule has 1 atom stereocenters. The van der Waals surface area contributed by atoms with E-state index in [-0.39, 0.29) is 11.6 Å². The molecule has 0 N–H and O–H groups in total. The number of halogens is 1. The van der Waals surface area contributed by atoms with Crippen molar-refractivity contribution in [3.63, 3.8) is 0 Å². The Labute approximate surface area is 152 Å². The smallest absolute Gasteiger partial charge is 0.154 e. The summed E-state index contributed by atoms with van der Waals surface area (Å²) in [5.41, 5.74) is 2.21. The lowest BCUT2D eigenvalue weighted by molar-refractivity contribution is -0.129. The van der Waals surface area contributed by atoms with Crippen LogP contribution in [0.2, 0.25) is 5.02 Å². The van der Waals surface area contributed by atoms with Crippen molar-refractivity contribution in [2.45, 2.75) is 51.4 Å². The van der Waals surface area contributed by atoms with Crippen LogP contribution in [0.25, 0.3) is 5.69 Å². The molecule has 1 spiro atoms. The van der Waals surface area contributed by atoms with E-state index in [0.717, 1.165) is 42.5 Å². The fourth-order valence-electron chi connectivity index (χ4n) is 4.46. The second kappa shape index (κ2) is 6.10. The number of Topliss-reactive ketones (excluding diaryl/α,β-unsaturated/α-hetero) is 2. The number of rotatable bonds is 2. The first-order valence-electron chi connectivity index (χ1n) is 8.88. The highest BCUT2D eigenvalue weighted by Crippen LogP contribution is 2.50. The van der Waals surface area contributed by atoms with Crippen LogP contribution < -0.4 is 0 Å². The lowest BCUT2D eigenvalue weighted by Gasteiger charge is -2.31. The van der Waals surface area contributed by atoms with Gasteiger partial charge in [0.2, 0.25) is 0 Å². The molecule has 0 saturated heterocycles. The van der Waals surface area contributed by atoms with Crippen LogP contribution in [0.3, 0.4) is 0 Å². The van der Waals surface area contributed by atoms with Crippen LogP contribution >= 0.6 is 11.6 Å².